The van der Waals surface area contributed by atoms with Crippen molar-refractivity contribution in [3.05, 3.63) is 23.9 Å². The van der Waals surface area contributed by atoms with Gasteiger partial charge >= 0.3 is 0 Å². The molecule has 0 saturated carbocycles. The van der Waals surface area contributed by atoms with Crippen LogP contribution in [0.4, 0.5) is 0 Å². The van der Waals surface area contributed by atoms with Crippen molar-refractivity contribution in [2.75, 3.05) is 0 Å². The summed E-state index contributed by atoms with van der Waals surface area (Å²) < 4.78 is 0. The summed E-state index contributed by atoms with van der Waals surface area (Å²) in [7, 11) is 0. The standard InChI is InChI=1S/C8H10N2S/c11-8-9-6-4-2-1-3-5-7(6)10-8/h1-2,4,7H,3,5H2,(H2,9,10,11). The van der Waals surface area contributed by atoms with Gasteiger partial charge in [0.05, 0.1) is 6.04 Å². The Morgan fingerprint density at radius 3 is 3.36 bits per heavy atom. The summed E-state index contributed by atoms with van der Waals surface area (Å²) in [6.07, 6.45) is 8.61. The average molecular weight is 166 g/mol. The third-order valence-electron chi connectivity index (χ3n) is 1.97. The maximum absolute atomic E-state index is 4.99. The topological polar surface area (TPSA) is 24.1 Å². The quantitative estimate of drug-likeness (QED) is 0.526. The van der Waals surface area contributed by atoms with Crippen molar-refractivity contribution in [3.8, 4) is 0 Å². The molecular formula is C8H10N2S. The lowest BCUT2D eigenvalue weighted by Crippen LogP contribution is -2.25. The third-order valence-corrected chi connectivity index (χ3v) is 2.19. The minimum absolute atomic E-state index is 0.428. The second kappa shape index (κ2) is 2.66. The molecule has 2 N–H and O–H groups in total. The van der Waals surface area contributed by atoms with E-state index in [0.29, 0.717) is 6.04 Å². The molecule has 0 radical (unpaired) electrons. The summed E-state index contributed by atoms with van der Waals surface area (Å²) in [4.78, 5) is 0. The molecule has 1 heterocycles. The molecule has 3 heteroatoms. The number of allylic oxidation sites excluding steroid dienone is 3. The molecule has 2 nitrogen and oxygen atoms in total. The summed E-state index contributed by atoms with van der Waals surface area (Å²) in [5.41, 5.74) is 1.21. The number of thiocarbonyl (C=S) groups is 1. The van der Waals surface area contributed by atoms with Crippen LogP contribution in [0.15, 0.2) is 23.9 Å². The van der Waals surface area contributed by atoms with E-state index in [1.807, 2.05) is 0 Å². The molecule has 1 unspecified atom stereocenters. The molecule has 1 aliphatic carbocycles. The van der Waals surface area contributed by atoms with Crippen LogP contribution in [0.2, 0.25) is 0 Å². The zero-order valence-electron chi connectivity index (χ0n) is 6.13. The van der Waals surface area contributed by atoms with E-state index >= 15 is 0 Å². The van der Waals surface area contributed by atoms with E-state index in [9.17, 15) is 0 Å². The lowest BCUT2D eigenvalue weighted by atomic mass is 10.1. The zero-order valence-corrected chi connectivity index (χ0v) is 6.95. The summed E-state index contributed by atoms with van der Waals surface area (Å²) >= 11 is 4.99. The minimum Gasteiger partial charge on any atom is -0.354 e. The van der Waals surface area contributed by atoms with Crippen LogP contribution in [-0.4, -0.2) is 11.2 Å². The van der Waals surface area contributed by atoms with E-state index in [0.717, 1.165) is 18.0 Å². The molecule has 1 aliphatic heterocycles. The first-order valence-electron chi connectivity index (χ1n) is 3.80. The zero-order chi connectivity index (χ0) is 7.68. The van der Waals surface area contributed by atoms with E-state index in [4.69, 9.17) is 12.2 Å². The van der Waals surface area contributed by atoms with Gasteiger partial charge < -0.3 is 10.6 Å². The molecule has 0 aromatic heterocycles. The van der Waals surface area contributed by atoms with Gasteiger partial charge in [-0.2, -0.15) is 0 Å². The highest BCUT2D eigenvalue weighted by molar-refractivity contribution is 7.80. The van der Waals surface area contributed by atoms with Crippen LogP contribution >= 0.6 is 12.2 Å². The van der Waals surface area contributed by atoms with E-state index in [2.05, 4.69) is 28.9 Å². The average Bonchev–Trinajstić information content (AvgIpc) is 2.17. The molecule has 58 valence electrons. The summed E-state index contributed by atoms with van der Waals surface area (Å²) in [6, 6.07) is 0.428. The predicted molar refractivity (Wildman–Crippen MR) is 49.1 cm³/mol. The fourth-order valence-electron chi connectivity index (χ4n) is 1.41. The van der Waals surface area contributed by atoms with Crippen LogP contribution in [0.3, 0.4) is 0 Å². The molecule has 0 aromatic carbocycles. The summed E-state index contributed by atoms with van der Waals surface area (Å²) in [5.74, 6) is 0. The van der Waals surface area contributed by atoms with Gasteiger partial charge in [0.15, 0.2) is 5.11 Å². The predicted octanol–water partition coefficient (Wildman–Crippen LogP) is 1.07. The first kappa shape index (κ1) is 6.85. The smallest absolute Gasteiger partial charge is 0.171 e. The summed E-state index contributed by atoms with van der Waals surface area (Å²) in [6.45, 7) is 0. The Bertz CT molecular complexity index is 242. The number of hydrogen-bond acceptors (Lipinski definition) is 1. The molecule has 0 bridgehead atoms. The largest absolute Gasteiger partial charge is 0.354 e. The molecule has 2 rings (SSSR count). The lowest BCUT2D eigenvalue weighted by Gasteiger charge is -2.06. The normalized spacial score (nSPS) is 28.2. The van der Waals surface area contributed by atoms with E-state index in [1.54, 1.807) is 0 Å². The van der Waals surface area contributed by atoms with Crippen LogP contribution in [0.1, 0.15) is 12.8 Å². The van der Waals surface area contributed by atoms with Crippen molar-refractivity contribution >= 4 is 17.3 Å². The number of hydrogen-bond donors (Lipinski definition) is 2. The van der Waals surface area contributed by atoms with Gasteiger partial charge in [0, 0.05) is 5.70 Å². The fraction of sp³-hybridized carbons (Fsp3) is 0.375. The lowest BCUT2D eigenvalue weighted by molar-refractivity contribution is 0.668. The van der Waals surface area contributed by atoms with Crippen molar-refractivity contribution in [2.45, 2.75) is 18.9 Å². The van der Waals surface area contributed by atoms with E-state index in [1.165, 1.54) is 5.70 Å². The van der Waals surface area contributed by atoms with Crippen molar-refractivity contribution in [1.29, 1.82) is 0 Å². The summed E-state index contributed by atoms with van der Waals surface area (Å²) in [5, 5.41) is 7.09. The number of rotatable bonds is 0. The molecule has 1 atom stereocenters. The highest BCUT2D eigenvalue weighted by Gasteiger charge is 2.22. The Morgan fingerprint density at radius 2 is 2.45 bits per heavy atom. The first-order chi connectivity index (χ1) is 5.36. The van der Waals surface area contributed by atoms with Gasteiger partial charge in [-0.1, -0.05) is 12.2 Å². The van der Waals surface area contributed by atoms with Crippen LogP contribution < -0.4 is 10.6 Å². The maximum atomic E-state index is 4.99. The molecular weight excluding hydrogens is 156 g/mol. The van der Waals surface area contributed by atoms with Crippen molar-refractivity contribution in [1.82, 2.24) is 10.6 Å². The molecule has 1 fully saturated rings. The number of fused-ring (bicyclic) bond motifs is 1. The molecule has 11 heavy (non-hydrogen) atoms. The molecule has 0 amide bonds. The second-order valence-corrected chi connectivity index (χ2v) is 3.19. The highest BCUT2D eigenvalue weighted by atomic mass is 32.1. The third kappa shape index (κ3) is 1.28. The minimum atomic E-state index is 0.428. The van der Waals surface area contributed by atoms with Crippen LogP contribution in [0.5, 0.6) is 0 Å². The van der Waals surface area contributed by atoms with Gasteiger partial charge in [0.1, 0.15) is 0 Å². The van der Waals surface area contributed by atoms with Gasteiger partial charge in [-0.05, 0) is 31.1 Å². The number of nitrogens with one attached hydrogen (secondary N) is 2. The van der Waals surface area contributed by atoms with Gasteiger partial charge in [-0.25, -0.2) is 0 Å². The van der Waals surface area contributed by atoms with Crippen molar-refractivity contribution < 1.29 is 0 Å². The SMILES string of the molecule is S=C1NC2=CC=CCCC2N1. The monoisotopic (exact) mass is 166 g/mol. The van der Waals surface area contributed by atoms with Gasteiger partial charge in [0.2, 0.25) is 0 Å². The van der Waals surface area contributed by atoms with Crippen LogP contribution in [0, 0.1) is 0 Å². The molecule has 2 aliphatic rings. The molecule has 1 saturated heterocycles. The van der Waals surface area contributed by atoms with E-state index in [-0.39, 0.29) is 0 Å². The first-order valence-corrected chi connectivity index (χ1v) is 4.21. The Morgan fingerprint density at radius 1 is 1.55 bits per heavy atom. The maximum Gasteiger partial charge on any atom is 0.171 e. The van der Waals surface area contributed by atoms with Gasteiger partial charge in [-0.3, -0.25) is 0 Å². The molecule has 0 spiro atoms. The van der Waals surface area contributed by atoms with E-state index < -0.39 is 0 Å². The fourth-order valence-corrected chi connectivity index (χ4v) is 1.67. The van der Waals surface area contributed by atoms with Gasteiger partial charge in [0.25, 0.3) is 0 Å². The second-order valence-electron chi connectivity index (χ2n) is 2.78. The Balaban J connectivity index is 2.22. The highest BCUT2D eigenvalue weighted by Crippen LogP contribution is 2.15. The molecule has 0 aromatic rings. The Labute approximate surface area is 71.4 Å². The Kier molecular flexibility index (Phi) is 1.66. The van der Waals surface area contributed by atoms with Gasteiger partial charge in [-0.15, -0.1) is 0 Å². The van der Waals surface area contributed by atoms with Crippen molar-refractivity contribution in [3.63, 3.8) is 0 Å². The van der Waals surface area contributed by atoms with Crippen LogP contribution in [0.25, 0.3) is 0 Å². The van der Waals surface area contributed by atoms with Crippen molar-refractivity contribution in [2.24, 2.45) is 0 Å². The van der Waals surface area contributed by atoms with Crippen LogP contribution in [-0.2, 0) is 0 Å². The Hall–Kier alpha value is -0.830.